The van der Waals surface area contributed by atoms with E-state index >= 15 is 0 Å². The van der Waals surface area contributed by atoms with E-state index in [0.717, 1.165) is 5.56 Å². The summed E-state index contributed by atoms with van der Waals surface area (Å²) >= 11 is 11.7. The lowest BCUT2D eigenvalue weighted by Gasteiger charge is -2.16. The summed E-state index contributed by atoms with van der Waals surface area (Å²) < 4.78 is 9.66. The molecule has 0 aromatic heterocycles. The van der Waals surface area contributed by atoms with Crippen LogP contribution < -0.4 is 5.32 Å². The third kappa shape index (κ3) is 6.27. The first-order valence-corrected chi connectivity index (χ1v) is 8.69. The van der Waals surface area contributed by atoms with Crippen molar-refractivity contribution in [3.05, 3.63) is 69.7 Å². The maximum atomic E-state index is 12.1. The molecule has 1 N–H and O–H groups in total. The van der Waals surface area contributed by atoms with Crippen LogP contribution in [0.15, 0.2) is 48.5 Å². The number of hydrogen-bond donors (Lipinski definition) is 1. The topological polar surface area (TPSA) is 81.7 Å². The molecule has 1 atom stereocenters. The zero-order valence-electron chi connectivity index (χ0n) is 14.4. The lowest BCUT2D eigenvalue weighted by molar-refractivity contribution is -0.145. The smallest absolute Gasteiger partial charge is 0.340 e. The van der Waals surface area contributed by atoms with E-state index in [9.17, 15) is 14.4 Å². The summed E-state index contributed by atoms with van der Waals surface area (Å²) in [5.41, 5.74) is 0.890. The highest BCUT2D eigenvalue weighted by Gasteiger charge is 2.23. The van der Waals surface area contributed by atoms with Crippen molar-refractivity contribution in [2.75, 3.05) is 13.7 Å². The van der Waals surface area contributed by atoms with Gasteiger partial charge in [0.15, 0.2) is 6.61 Å². The Balaban J connectivity index is 1.96. The number of carbonyl (C=O) groups is 3. The van der Waals surface area contributed by atoms with Crippen LogP contribution in [-0.2, 0) is 25.5 Å². The lowest BCUT2D eigenvalue weighted by atomic mass is 10.1. The first-order chi connectivity index (χ1) is 12.9. The second-order valence-electron chi connectivity index (χ2n) is 5.53. The predicted molar refractivity (Wildman–Crippen MR) is 101 cm³/mol. The molecule has 2 aromatic carbocycles. The van der Waals surface area contributed by atoms with Gasteiger partial charge in [0.05, 0.1) is 17.7 Å². The number of amides is 1. The van der Waals surface area contributed by atoms with Crippen molar-refractivity contribution in [1.82, 2.24) is 5.32 Å². The second-order valence-corrected chi connectivity index (χ2v) is 6.38. The summed E-state index contributed by atoms with van der Waals surface area (Å²) in [5, 5.41) is 2.96. The van der Waals surface area contributed by atoms with E-state index in [4.69, 9.17) is 32.7 Å². The molecular formula is C19H17Cl2NO5. The van der Waals surface area contributed by atoms with Gasteiger partial charge in [-0.05, 0) is 23.8 Å². The van der Waals surface area contributed by atoms with Crippen LogP contribution in [0.2, 0.25) is 10.0 Å². The van der Waals surface area contributed by atoms with Crippen molar-refractivity contribution in [2.24, 2.45) is 0 Å². The summed E-state index contributed by atoms with van der Waals surface area (Å²) in [6.45, 7) is -0.579. The number of hydrogen-bond acceptors (Lipinski definition) is 5. The van der Waals surface area contributed by atoms with E-state index in [2.05, 4.69) is 5.32 Å². The number of esters is 2. The summed E-state index contributed by atoms with van der Waals surface area (Å²) in [6.07, 6.45) is 0.243. The molecule has 0 radical (unpaired) electrons. The molecule has 0 unspecified atom stereocenters. The van der Waals surface area contributed by atoms with Crippen LogP contribution in [0.25, 0.3) is 0 Å². The molecule has 0 saturated heterocycles. The zero-order chi connectivity index (χ0) is 19.8. The van der Waals surface area contributed by atoms with Crippen LogP contribution in [0.1, 0.15) is 15.9 Å². The minimum atomic E-state index is -0.904. The average Bonchev–Trinajstić information content (AvgIpc) is 2.67. The number of ether oxygens (including phenoxy) is 2. The third-order valence-electron chi connectivity index (χ3n) is 3.59. The van der Waals surface area contributed by atoms with Crippen molar-refractivity contribution < 1.29 is 23.9 Å². The van der Waals surface area contributed by atoms with E-state index in [1.807, 2.05) is 30.3 Å². The maximum absolute atomic E-state index is 12.1. The standard InChI is InChI=1S/C19H17Cl2NO5/c1-26-19(25)16(9-12-5-3-2-4-6-12)22-17(23)11-27-18(24)14-10-13(20)7-8-15(14)21/h2-8,10,16H,9,11H2,1H3,(H,22,23)/t16-/m0/s1. The minimum Gasteiger partial charge on any atom is -0.467 e. The molecule has 0 aliphatic rings. The van der Waals surface area contributed by atoms with Crippen LogP contribution in [0.4, 0.5) is 0 Å². The second kappa shape index (κ2) is 9.94. The molecule has 142 valence electrons. The van der Waals surface area contributed by atoms with E-state index in [1.165, 1.54) is 25.3 Å². The first kappa shape index (κ1) is 20.7. The Bertz CT molecular complexity index is 826. The Morgan fingerprint density at radius 2 is 1.78 bits per heavy atom. The van der Waals surface area contributed by atoms with Gasteiger partial charge in [-0.2, -0.15) is 0 Å². The van der Waals surface area contributed by atoms with Gasteiger partial charge in [0, 0.05) is 11.4 Å². The molecule has 0 aliphatic carbocycles. The fourth-order valence-electron chi connectivity index (χ4n) is 2.28. The van der Waals surface area contributed by atoms with E-state index < -0.39 is 30.5 Å². The highest BCUT2D eigenvalue weighted by atomic mass is 35.5. The van der Waals surface area contributed by atoms with Gasteiger partial charge < -0.3 is 14.8 Å². The Morgan fingerprint density at radius 3 is 2.44 bits per heavy atom. The molecule has 0 fully saturated rings. The van der Waals surface area contributed by atoms with E-state index in [-0.39, 0.29) is 17.0 Å². The van der Waals surface area contributed by atoms with Gasteiger partial charge in [0.2, 0.25) is 0 Å². The molecule has 0 aliphatic heterocycles. The molecule has 0 spiro atoms. The van der Waals surface area contributed by atoms with Gasteiger partial charge in [0.1, 0.15) is 6.04 Å². The molecule has 8 heteroatoms. The fourth-order valence-corrected chi connectivity index (χ4v) is 2.65. The van der Waals surface area contributed by atoms with Crippen molar-refractivity contribution in [3.63, 3.8) is 0 Å². The van der Waals surface area contributed by atoms with Crippen molar-refractivity contribution in [3.8, 4) is 0 Å². The SMILES string of the molecule is COC(=O)[C@H](Cc1ccccc1)NC(=O)COC(=O)c1cc(Cl)ccc1Cl. The van der Waals surface area contributed by atoms with Gasteiger partial charge >= 0.3 is 11.9 Å². The number of benzene rings is 2. The Hall–Kier alpha value is -2.57. The molecular weight excluding hydrogens is 393 g/mol. The summed E-state index contributed by atoms with van der Waals surface area (Å²) in [4.78, 5) is 36.1. The van der Waals surface area contributed by atoms with Crippen molar-refractivity contribution in [1.29, 1.82) is 0 Å². The van der Waals surface area contributed by atoms with Gasteiger partial charge in [-0.1, -0.05) is 53.5 Å². The molecule has 0 saturated carbocycles. The monoisotopic (exact) mass is 409 g/mol. The number of rotatable bonds is 7. The number of halogens is 2. The Labute approximate surface area is 166 Å². The van der Waals surface area contributed by atoms with Crippen LogP contribution in [-0.4, -0.2) is 37.6 Å². The van der Waals surface area contributed by atoms with E-state index in [0.29, 0.717) is 5.02 Å². The largest absolute Gasteiger partial charge is 0.467 e. The lowest BCUT2D eigenvalue weighted by Crippen LogP contribution is -2.44. The highest BCUT2D eigenvalue weighted by Crippen LogP contribution is 2.21. The molecule has 0 bridgehead atoms. The molecule has 1 amide bonds. The molecule has 0 heterocycles. The minimum absolute atomic E-state index is 0.0470. The zero-order valence-corrected chi connectivity index (χ0v) is 15.9. The molecule has 27 heavy (non-hydrogen) atoms. The summed E-state index contributed by atoms with van der Waals surface area (Å²) in [5.74, 6) is -2.04. The van der Waals surface area contributed by atoms with Gasteiger partial charge in [-0.25, -0.2) is 9.59 Å². The highest BCUT2D eigenvalue weighted by molar-refractivity contribution is 6.35. The van der Waals surface area contributed by atoms with Crippen molar-refractivity contribution in [2.45, 2.75) is 12.5 Å². The van der Waals surface area contributed by atoms with Gasteiger partial charge in [-0.15, -0.1) is 0 Å². The van der Waals surface area contributed by atoms with Gasteiger partial charge in [-0.3, -0.25) is 4.79 Å². The quantitative estimate of drug-likeness (QED) is 0.710. The Morgan fingerprint density at radius 1 is 1.07 bits per heavy atom. The number of nitrogens with one attached hydrogen (secondary N) is 1. The van der Waals surface area contributed by atoms with Gasteiger partial charge in [0.25, 0.3) is 5.91 Å². The van der Waals surface area contributed by atoms with E-state index in [1.54, 1.807) is 0 Å². The fraction of sp³-hybridized carbons (Fsp3) is 0.211. The Kier molecular flexibility index (Phi) is 7.64. The van der Waals surface area contributed by atoms with Crippen LogP contribution >= 0.6 is 23.2 Å². The van der Waals surface area contributed by atoms with Crippen LogP contribution in [0.5, 0.6) is 0 Å². The number of methoxy groups -OCH3 is 1. The molecule has 2 aromatic rings. The van der Waals surface area contributed by atoms with Crippen LogP contribution in [0.3, 0.4) is 0 Å². The van der Waals surface area contributed by atoms with Crippen LogP contribution in [0, 0.1) is 0 Å². The molecule has 2 rings (SSSR count). The predicted octanol–water partition coefficient (Wildman–Crippen LogP) is 3.05. The first-order valence-electron chi connectivity index (χ1n) is 7.94. The summed E-state index contributed by atoms with van der Waals surface area (Å²) in [7, 11) is 1.23. The maximum Gasteiger partial charge on any atom is 0.340 e. The third-order valence-corrected chi connectivity index (χ3v) is 4.15. The summed E-state index contributed by atoms with van der Waals surface area (Å²) in [6, 6.07) is 12.5. The average molecular weight is 410 g/mol. The van der Waals surface area contributed by atoms with Crippen molar-refractivity contribution >= 4 is 41.0 Å². The molecule has 6 nitrogen and oxygen atoms in total. The number of carbonyl (C=O) groups excluding carboxylic acids is 3. The normalized spacial score (nSPS) is 11.4.